The fourth-order valence-electron chi connectivity index (χ4n) is 1.03. The highest BCUT2D eigenvalue weighted by Gasteiger charge is 2.29. The fraction of sp³-hybridized carbons (Fsp3) is 0.818. The molecule has 11 nitrogen and oxygen atoms in total. The van der Waals surface area contributed by atoms with Crippen LogP contribution in [-0.4, -0.2) is 114 Å². The number of hydrogen-bond acceptors (Lipinski definition) is 11. The second-order valence-electron chi connectivity index (χ2n) is 4.22. The Bertz CT molecular complexity index is 300. The summed E-state index contributed by atoms with van der Waals surface area (Å²) in [5, 5.41) is 77.6. The van der Waals surface area contributed by atoms with Crippen molar-refractivity contribution in [2.75, 3.05) is 13.2 Å². The first-order valence-electron chi connectivity index (χ1n) is 6.06. The van der Waals surface area contributed by atoms with Crippen LogP contribution in [0.25, 0.3) is 0 Å². The van der Waals surface area contributed by atoms with Crippen LogP contribution in [0.3, 0.4) is 0 Å². The van der Waals surface area contributed by atoms with Gasteiger partial charge < -0.3 is 55.5 Å². The molecule has 11 heteroatoms. The van der Waals surface area contributed by atoms with Crippen molar-refractivity contribution in [1.82, 2.24) is 0 Å². The molecule has 9 N–H and O–H groups in total. The Morgan fingerprint density at radius 3 is 1.23 bits per heavy atom. The number of aliphatic hydroxyl groups excluding tert-OH is 9. The van der Waals surface area contributed by atoms with Crippen molar-refractivity contribution in [3.63, 3.8) is 0 Å². The Labute approximate surface area is 125 Å². The van der Waals surface area contributed by atoms with Gasteiger partial charge in [-0.25, -0.2) is 0 Å². The van der Waals surface area contributed by atoms with Gasteiger partial charge in [-0.3, -0.25) is 0 Å². The van der Waals surface area contributed by atoms with Gasteiger partial charge in [-0.1, -0.05) is 0 Å². The summed E-state index contributed by atoms with van der Waals surface area (Å²) < 4.78 is 0. The van der Waals surface area contributed by atoms with Crippen LogP contribution in [0.5, 0.6) is 0 Å². The monoisotopic (exact) mass is 330 g/mol. The van der Waals surface area contributed by atoms with Gasteiger partial charge in [0.15, 0.2) is 12.6 Å². The molecule has 0 spiro atoms. The highest BCUT2D eigenvalue weighted by molar-refractivity contribution is 5.57. The molecule has 0 aliphatic heterocycles. The van der Waals surface area contributed by atoms with Crippen LogP contribution in [-0.2, 0) is 9.59 Å². The van der Waals surface area contributed by atoms with Crippen molar-refractivity contribution in [2.45, 2.75) is 42.7 Å². The lowest BCUT2D eigenvalue weighted by Crippen LogP contribution is -2.46. The lowest BCUT2D eigenvalue weighted by Gasteiger charge is -2.22. The minimum Gasteiger partial charge on any atom is -0.394 e. The zero-order chi connectivity index (χ0) is 17.9. The van der Waals surface area contributed by atoms with E-state index in [1.54, 1.807) is 0 Å². The summed E-state index contributed by atoms with van der Waals surface area (Å²) in [6.07, 6.45) is -11.5. The lowest BCUT2D eigenvalue weighted by molar-refractivity contribution is -0.136. The van der Waals surface area contributed by atoms with Gasteiger partial charge in [0.05, 0.1) is 13.2 Å². The molecule has 0 aromatic rings. The Morgan fingerprint density at radius 2 is 0.909 bits per heavy atom. The van der Waals surface area contributed by atoms with E-state index in [1.165, 1.54) is 0 Å². The van der Waals surface area contributed by atoms with E-state index in [2.05, 4.69) is 0 Å². The van der Waals surface area contributed by atoms with Crippen LogP contribution in [0.2, 0.25) is 0 Å². The average molecular weight is 330 g/mol. The minimum absolute atomic E-state index is 0.0258. The molecule has 0 radical (unpaired) electrons. The number of aliphatic hydroxyl groups is 9. The topological polar surface area (TPSA) is 216 Å². The Hall–Kier alpha value is -1.02. The number of aldehydes is 2. The second kappa shape index (κ2) is 12.5. The van der Waals surface area contributed by atoms with Crippen LogP contribution >= 0.6 is 0 Å². The van der Waals surface area contributed by atoms with Crippen LogP contribution in [0.1, 0.15) is 0 Å². The quantitative estimate of drug-likeness (QED) is 0.181. The van der Waals surface area contributed by atoms with Crippen LogP contribution in [0.15, 0.2) is 0 Å². The van der Waals surface area contributed by atoms with Gasteiger partial charge in [-0.05, 0) is 0 Å². The van der Waals surface area contributed by atoms with E-state index in [1.807, 2.05) is 0 Å². The van der Waals surface area contributed by atoms with Gasteiger partial charge in [0.2, 0.25) is 0 Å². The van der Waals surface area contributed by atoms with Gasteiger partial charge in [0.1, 0.15) is 42.7 Å². The third kappa shape index (κ3) is 8.43. The predicted octanol–water partition coefficient (Wildman–Crippen LogP) is -6.12. The summed E-state index contributed by atoms with van der Waals surface area (Å²) >= 11 is 0. The number of carbonyl (C=O) groups is 2. The zero-order valence-corrected chi connectivity index (χ0v) is 11.5. The Balaban J connectivity index is 0. The minimum atomic E-state index is -1.79. The van der Waals surface area contributed by atoms with E-state index in [0.29, 0.717) is 0 Å². The van der Waals surface area contributed by atoms with Crippen molar-refractivity contribution in [2.24, 2.45) is 0 Å². The third-order valence-electron chi connectivity index (χ3n) is 2.49. The van der Waals surface area contributed by atoms with Gasteiger partial charge in [0.25, 0.3) is 0 Å². The van der Waals surface area contributed by atoms with Crippen molar-refractivity contribution in [1.29, 1.82) is 0 Å². The van der Waals surface area contributed by atoms with E-state index in [4.69, 9.17) is 46.0 Å². The Kier molecular flexibility index (Phi) is 13.2. The molecular weight excluding hydrogens is 308 g/mol. The van der Waals surface area contributed by atoms with Gasteiger partial charge >= 0.3 is 0 Å². The van der Waals surface area contributed by atoms with E-state index < -0.39 is 55.9 Å². The smallest absolute Gasteiger partial charge is 0.151 e. The summed E-state index contributed by atoms with van der Waals surface area (Å²) in [6.45, 7) is -1.45. The van der Waals surface area contributed by atoms with Gasteiger partial charge in [-0.15, -0.1) is 0 Å². The molecule has 0 aliphatic carbocycles. The molecule has 0 rings (SSSR count). The molecule has 0 aromatic carbocycles. The van der Waals surface area contributed by atoms with E-state index in [-0.39, 0.29) is 12.6 Å². The zero-order valence-electron chi connectivity index (χ0n) is 11.5. The normalized spacial score (nSPS) is 20.4. The first-order chi connectivity index (χ1) is 10.2. The van der Waals surface area contributed by atoms with Crippen molar-refractivity contribution < 1.29 is 55.5 Å². The summed E-state index contributed by atoms with van der Waals surface area (Å²) in [4.78, 5) is 19.7. The van der Waals surface area contributed by atoms with E-state index in [9.17, 15) is 9.59 Å². The largest absolute Gasteiger partial charge is 0.394 e. The third-order valence-corrected chi connectivity index (χ3v) is 2.49. The number of carbonyl (C=O) groups excluding carboxylic acids is 2. The molecular formula is C11H22O11. The number of rotatable bonds is 9. The van der Waals surface area contributed by atoms with Crippen LogP contribution in [0, 0.1) is 0 Å². The summed E-state index contributed by atoms with van der Waals surface area (Å²) in [5.74, 6) is 0. The molecule has 0 bridgehead atoms. The summed E-state index contributed by atoms with van der Waals surface area (Å²) in [5.41, 5.74) is 0. The lowest BCUT2D eigenvalue weighted by atomic mass is 10.0. The molecule has 0 fully saturated rings. The molecule has 7 atom stereocenters. The predicted molar refractivity (Wildman–Crippen MR) is 68.3 cm³/mol. The molecule has 0 aliphatic rings. The molecule has 0 saturated carbocycles. The van der Waals surface area contributed by atoms with Crippen LogP contribution < -0.4 is 0 Å². The summed E-state index contributed by atoms with van der Waals surface area (Å²) in [7, 11) is 0. The maximum absolute atomic E-state index is 9.90. The molecule has 132 valence electrons. The fourth-order valence-corrected chi connectivity index (χ4v) is 1.03. The molecule has 0 aromatic heterocycles. The SMILES string of the molecule is O=C[C@H](O)[C@@H](O)[C@@H](O)[C@H](O)CO.O=C[C@H](O)[C@@H](O)[C@H](O)CO. The highest BCUT2D eigenvalue weighted by Crippen LogP contribution is 2.03. The molecule has 0 heterocycles. The van der Waals surface area contributed by atoms with Gasteiger partial charge in [-0.2, -0.15) is 0 Å². The molecule has 22 heavy (non-hydrogen) atoms. The maximum atomic E-state index is 9.90. The number of hydrogen-bond donors (Lipinski definition) is 9. The standard InChI is InChI=1S/C6H12O6.C5H10O5/c7-1-3(9)5(11)6(12)4(10)2-8;6-1-3(8)5(10)4(9)2-7/h1,3-6,8-12H,2H2;1,3-5,7-10H,2H2/t3-,4+,5+,6-;3-,4+,5+/m00/s1. The van der Waals surface area contributed by atoms with E-state index >= 15 is 0 Å². The van der Waals surface area contributed by atoms with E-state index in [0.717, 1.165) is 0 Å². The first-order valence-corrected chi connectivity index (χ1v) is 6.06. The molecule has 0 amide bonds. The second-order valence-corrected chi connectivity index (χ2v) is 4.22. The molecule has 0 saturated heterocycles. The van der Waals surface area contributed by atoms with Crippen molar-refractivity contribution in [3.05, 3.63) is 0 Å². The Morgan fingerprint density at radius 1 is 0.591 bits per heavy atom. The van der Waals surface area contributed by atoms with Crippen molar-refractivity contribution in [3.8, 4) is 0 Å². The average Bonchev–Trinajstić information content (AvgIpc) is 2.56. The highest BCUT2D eigenvalue weighted by atomic mass is 16.4. The van der Waals surface area contributed by atoms with Crippen molar-refractivity contribution >= 4 is 12.6 Å². The van der Waals surface area contributed by atoms with Gasteiger partial charge in [0, 0.05) is 0 Å². The van der Waals surface area contributed by atoms with Crippen LogP contribution in [0.4, 0.5) is 0 Å². The summed E-state index contributed by atoms with van der Waals surface area (Å²) in [6, 6.07) is 0. The maximum Gasteiger partial charge on any atom is 0.151 e. The molecule has 0 unspecified atom stereocenters. The first kappa shape index (κ1) is 23.2.